The number of aromatic nitrogens is 1. The zero-order chi connectivity index (χ0) is 16.8. The molecular weight excluding hydrogens is 304 g/mol. The number of carbonyl (C=O) groups is 1. The maximum atomic E-state index is 12.1. The molecule has 2 N–H and O–H groups in total. The zero-order valence-corrected chi connectivity index (χ0v) is 14.3. The van der Waals surface area contributed by atoms with Crippen LogP contribution in [0.1, 0.15) is 69.8 Å². The SMILES string of the molecule is O=C(CC1(O)CCCCC1)NCc1ccc(OC2CCCC2)nc1. The summed E-state index contributed by atoms with van der Waals surface area (Å²) in [7, 11) is 0. The van der Waals surface area contributed by atoms with E-state index in [9.17, 15) is 9.90 Å². The van der Waals surface area contributed by atoms with Crippen molar-refractivity contribution in [2.45, 2.75) is 82.5 Å². The highest BCUT2D eigenvalue weighted by atomic mass is 16.5. The molecule has 1 aromatic rings. The van der Waals surface area contributed by atoms with E-state index in [0.717, 1.165) is 50.5 Å². The van der Waals surface area contributed by atoms with Gasteiger partial charge in [0.15, 0.2) is 0 Å². The average molecular weight is 332 g/mol. The first kappa shape index (κ1) is 17.2. The number of hydrogen-bond donors (Lipinski definition) is 2. The lowest BCUT2D eigenvalue weighted by Crippen LogP contribution is -2.38. The summed E-state index contributed by atoms with van der Waals surface area (Å²) in [5.41, 5.74) is 0.136. The summed E-state index contributed by atoms with van der Waals surface area (Å²) in [6.07, 6.45) is 11.6. The molecule has 0 unspecified atom stereocenters. The van der Waals surface area contributed by atoms with E-state index in [1.165, 1.54) is 12.8 Å². The fourth-order valence-corrected chi connectivity index (χ4v) is 3.71. The van der Waals surface area contributed by atoms with Gasteiger partial charge in [0.1, 0.15) is 6.10 Å². The number of rotatable bonds is 6. The maximum absolute atomic E-state index is 12.1. The Kier molecular flexibility index (Phi) is 5.72. The van der Waals surface area contributed by atoms with Crippen molar-refractivity contribution in [1.29, 1.82) is 0 Å². The van der Waals surface area contributed by atoms with Crippen LogP contribution < -0.4 is 10.1 Å². The second-order valence-electron chi connectivity index (χ2n) is 7.27. The molecule has 0 saturated heterocycles. The van der Waals surface area contributed by atoms with E-state index in [1.54, 1.807) is 6.20 Å². The molecule has 0 atom stereocenters. The number of carbonyl (C=O) groups excluding carboxylic acids is 1. The van der Waals surface area contributed by atoms with Crippen LogP contribution in [0.3, 0.4) is 0 Å². The average Bonchev–Trinajstić information content (AvgIpc) is 3.07. The molecular formula is C19H28N2O3. The molecule has 132 valence electrons. The van der Waals surface area contributed by atoms with Crippen LogP contribution in [0.5, 0.6) is 5.88 Å². The van der Waals surface area contributed by atoms with Crippen molar-refractivity contribution in [2.24, 2.45) is 0 Å². The summed E-state index contributed by atoms with van der Waals surface area (Å²) in [5.74, 6) is 0.569. The third-order valence-electron chi connectivity index (χ3n) is 5.15. The Balaban J connectivity index is 1.43. The standard InChI is InChI=1S/C19H28N2O3/c22-17(12-19(23)10-4-1-5-11-19)20-13-15-8-9-18(21-14-15)24-16-6-2-3-7-16/h8-9,14,16,23H,1-7,10-13H2,(H,20,22). The lowest BCUT2D eigenvalue weighted by Gasteiger charge is -2.31. The van der Waals surface area contributed by atoms with Gasteiger partial charge in [0.2, 0.25) is 11.8 Å². The van der Waals surface area contributed by atoms with Crippen LogP contribution in [0.4, 0.5) is 0 Å². The number of amides is 1. The van der Waals surface area contributed by atoms with Gasteiger partial charge < -0.3 is 15.2 Å². The fourth-order valence-electron chi connectivity index (χ4n) is 3.71. The third-order valence-corrected chi connectivity index (χ3v) is 5.15. The molecule has 3 rings (SSSR count). The van der Waals surface area contributed by atoms with Crippen LogP contribution in [0.25, 0.3) is 0 Å². The number of nitrogens with zero attached hydrogens (tertiary/aromatic N) is 1. The van der Waals surface area contributed by atoms with Gasteiger partial charge in [0.25, 0.3) is 0 Å². The topological polar surface area (TPSA) is 71.5 Å². The summed E-state index contributed by atoms with van der Waals surface area (Å²) in [6.45, 7) is 0.436. The quantitative estimate of drug-likeness (QED) is 0.840. The van der Waals surface area contributed by atoms with E-state index in [2.05, 4.69) is 10.3 Å². The second-order valence-corrected chi connectivity index (χ2v) is 7.27. The number of pyridine rings is 1. The number of hydrogen-bond acceptors (Lipinski definition) is 4. The van der Waals surface area contributed by atoms with E-state index >= 15 is 0 Å². The monoisotopic (exact) mass is 332 g/mol. The van der Waals surface area contributed by atoms with E-state index < -0.39 is 5.60 Å². The number of nitrogens with one attached hydrogen (secondary N) is 1. The van der Waals surface area contributed by atoms with Gasteiger partial charge in [-0.3, -0.25) is 4.79 Å². The first-order valence-corrected chi connectivity index (χ1v) is 9.24. The molecule has 0 radical (unpaired) electrons. The van der Waals surface area contributed by atoms with Crippen molar-refractivity contribution in [2.75, 3.05) is 0 Å². The highest BCUT2D eigenvalue weighted by Gasteiger charge is 2.31. The molecule has 5 nitrogen and oxygen atoms in total. The van der Waals surface area contributed by atoms with Crippen LogP contribution in [0, 0.1) is 0 Å². The van der Waals surface area contributed by atoms with E-state index in [-0.39, 0.29) is 12.3 Å². The van der Waals surface area contributed by atoms with Crippen molar-refractivity contribution >= 4 is 5.91 Å². The summed E-state index contributed by atoms with van der Waals surface area (Å²) >= 11 is 0. The minimum Gasteiger partial charge on any atom is -0.474 e. The van der Waals surface area contributed by atoms with Crippen molar-refractivity contribution in [3.05, 3.63) is 23.9 Å². The zero-order valence-electron chi connectivity index (χ0n) is 14.3. The highest BCUT2D eigenvalue weighted by molar-refractivity contribution is 5.77. The number of ether oxygens (including phenoxy) is 1. The van der Waals surface area contributed by atoms with Crippen LogP contribution in [-0.4, -0.2) is 27.7 Å². The molecule has 1 amide bonds. The maximum Gasteiger partial charge on any atom is 0.223 e. The van der Waals surface area contributed by atoms with E-state index in [1.807, 2.05) is 12.1 Å². The molecule has 0 aliphatic heterocycles. The van der Waals surface area contributed by atoms with Crippen LogP contribution in [0.15, 0.2) is 18.3 Å². The molecule has 2 saturated carbocycles. The summed E-state index contributed by atoms with van der Waals surface area (Å²) < 4.78 is 5.84. The molecule has 0 aromatic carbocycles. The van der Waals surface area contributed by atoms with Crippen LogP contribution in [-0.2, 0) is 11.3 Å². The first-order chi connectivity index (χ1) is 11.6. The largest absolute Gasteiger partial charge is 0.474 e. The predicted octanol–water partition coefficient (Wildman–Crippen LogP) is 3.10. The van der Waals surface area contributed by atoms with Gasteiger partial charge in [-0.1, -0.05) is 25.3 Å². The van der Waals surface area contributed by atoms with Crippen molar-refractivity contribution in [3.8, 4) is 5.88 Å². The Morgan fingerprint density at radius 2 is 1.96 bits per heavy atom. The van der Waals surface area contributed by atoms with E-state index in [4.69, 9.17) is 4.74 Å². The molecule has 2 fully saturated rings. The predicted molar refractivity (Wildman–Crippen MR) is 91.6 cm³/mol. The smallest absolute Gasteiger partial charge is 0.223 e. The lowest BCUT2D eigenvalue weighted by molar-refractivity contribution is -0.127. The van der Waals surface area contributed by atoms with Crippen molar-refractivity contribution < 1.29 is 14.6 Å². The minimum absolute atomic E-state index is 0.0920. The van der Waals surface area contributed by atoms with Crippen molar-refractivity contribution in [3.63, 3.8) is 0 Å². The minimum atomic E-state index is -0.806. The van der Waals surface area contributed by atoms with Crippen molar-refractivity contribution in [1.82, 2.24) is 10.3 Å². The summed E-state index contributed by atoms with van der Waals surface area (Å²) in [4.78, 5) is 16.4. The molecule has 5 heteroatoms. The molecule has 0 spiro atoms. The molecule has 2 aliphatic carbocycles. The molecule has 2 aliphatic rings. The highest BCUT2D eigenvalue weighted by Crippen LogP contribution is 2.30. The molecule has 1 heterocycles. The van der Waals surface area contributed by atoms with E-state index in [0.29, 0.717) is 18.5 Å². The van der Waals surface area contributed by atoms with Gasteiger partial charge >= 0.3 is 0 Å². The molecule has 24 heavy (non-hydrogen) atoms. The fraction of sp³-hybridized carbons (Fsp3) is 0.684. The van der Waals surface area contributed by atoms with Gasteiger partial charge in [-0.15, -0.1) is 0 Å². The normalized spacial score (nSPS) is 20.7. The van der Waals surface area contributed by atoms with Gasteiger partial charge in [0, 0.05) is 18.8 Å². The van der Waals surface area contributed by atoms with Gasteiger partial charge in [-0.25, -0.2) is 4.98 Å². The first-order valence-electron chi connectivity index (χ1n) is 9.24. The lowest BCUT2D eigenvalue weighted by atomic mass is 9.82. The number of aliphatic hydroxyl groups is 1. The molecule has 0 bridgehead atoms. The Labute approximate surface area is 143 Å². The van der Waals surface area contributed by atoms with Gasteiger partial charge in [-0.2, -0.15) is 0 Å². The van der Waals surface area contributed by atoms with Gasteiger partial charge in [0.05, 0.1) is 12.0 Å². The second kappa shape index (κ2) is 7.97. The van der Waals surface area contributed by atoms with Gasteiger partial charge in [-0.05, 0) is 44.1 Å². The van der Waals surface area contributed by atoms with Crippen LogP contribution >= 0.6 is 0 Å². The Bertz CT molecular complexity index is 532. The summed E-state index contributed by atoms with van der Waals surface area (Å²) in [5, 5.41) is 13.3. The summed E-state index contributed by atoms with van der Waals surface area (Å²) in [6, 6.07) is 3.81. The van der Waals surface area contributed by atoms with Crippen LogP contribution in [0.2, 0.25) is 0 Å². The molecule has 1 aromatic heterocycles. The Hall–Kier alpha value is -1.62. The Morgan fingerprint density at radius 3 is 2.62 bits per heavy atom. The third kappa shape index (κ3) is 4.94. The Morgan fingerprint density at radius 1 is 1.21 bits per heavy atom.